The van der Waals surface area contributed by atoms with E-state index in [0.29, 0.717) is 49.7 Å². The summed E-state index contributed by atoms with van der Waals surface area (Å²) in [7, 11) is 0. The van der Waals surface area contributed by atoms with Crippen molar-refractivity contribution in [2.75, 3.05) is 31.8 Å². The molecule has 0 saturated carbocycles. The molecule has 9 nitrogen and oxygen atoms in total. The van der Waals surface area contributed by atoms with Crippen LogP contribution in [0.2, 0.25) is 0 Å². The quantitative estimate of drug-likeness (QED) is 0.598. The lowest BCUT2D eigenvalue weighted by molar-refractivity contribution is -0.150. The van der Waals surface area contributed by atoms with Gasteiger partial charge in [-0.25, -0.2) is 5.01 Å². The highest BCUT2D eigenvalue weighted by atomic mass is 16.7. The zero-order valence-corrected chi connectivity index (χ0v) is 14.4. The molecule has 0 radical (unpaired) electrons. The Kier molecular flexibility index (Phi) is 5.57. The minimum absolute atomic E-state index is 0.134. The maximum Gasteiger partial charge on any atom is 0.323 e. The molecule has 1 fully saturated rings. The standard InChI is InChI=1S/C17H21N3O6/c1-2-24-17(23)11-5-7-20(8-6-11)19-16(22)15(21)18-12-3-4-13-14(9-12)26-10-25-13/h3-4,9,11H,2,5-8,10H2,1H3,(H,18,21)(H,19,22). The van der Waals surface area contributed by atoms with Crippen molar-refractivity contribution in [1.82, 2.24) is 10.4 Å². The zero-order valence-electron chi connectivity index (χ0n) is 14.4. The van der Waals surface area contributed by atoms with Gasteiger partial charge in [0, 0.05) is 24.8 Å². The summed E-state index contributed by atoms with van der Waals surface area (Å²) in [5, 5.41) is 4.15. The van der Waals surface area contributed by atoms with Gasteiger partial charge in [-0.15, -0.1) is 0 Å². The highest BCUT2D eigenvalue weighted by Gasteiger charge is 2.28. The summed E-state index contributed by atoms with van der Waals surface area (Å²) in [5.74, 6) is -0.806. The summed E-state index contributed by atoms with van der Waals surface area (Å²) in [6.45, 7) is 3.22. The van der Waals surface area contributed by atoms with Crippen molar-refractivity contribution in [2.45, 2.75) is 19.8 Å². The molecule has 1 saturated heterocycles. The van der Waals surface area contributed by atoms with Crippen LogP contribution in [0.4, 0.5) is 5.69 Å². The van der Waals surface area contributed by atoms with Crippen molar-refractivity contribution in [3.05, 3.63) is 18.2 Å². The minimum atomic E-state index is -0.781. The molecular weight excluding hydrogens is 342 g/mol. The maximum absolute atomic E-state index is 12.1. The van der Waals surface area contributed by atoms with Crippen LogP contribution in [0.1, 0.15) is 19.8 Å². The summed E-state index contributed by atoms with van der Waals surface area (Å²) in [5.41, 5.74) is 3.00. The van der Waals surface area contributed by atoms with Gasteiger partial charge in [-0.3, -0.25) is 19.8 Å². The molecule has 9 heteroatoms. The zero-order chi connectivity index (χ0) is 18.5. The SMILES string of the molecule is CCOC(=O)C1CCN(NC(=O)C(=O)Nc2ccc3c(c2)OCO3)CC1. The van der Waals surface area contributed by atoms with E-state index in [2.05, 4.69) is 10.7 Å². The molecule has 0 spiro atoms. The molecule has 2 N–H and O–H groups in total. The third-order valence-corrected chi connectivity index (χ3v) is 4.21. The van der Waals surface area contributed by atoms with E-state index in [1.165, 1.54) is 0 Å². The third-order valence-electron chi connectivity index (χ3n) is 4.21. The van der Waals surface area contributed by atoms with E-state index in [1.54, 1.807) is 30.1 Å². The highest BCUT2D eigenvalue weighted by molar-refractivity contribution is 6.39. The number of rotatable bonds is 4. The minimum Gasteiger partial charge on any atom is -0.466 e. The number of piperidine rings is 1. The molecular formula is C17H21N3O6. The highest BCUT2D eigenvalue weighted by Crippen LogP contribution is 2.34. The van der Waals surface area contributed by atoms with Crippen LogP contribution in [0.5, 0.6) is 11.5 Å². The second-order valence-electron chi connectivity index (χ2n) is 5.98. The number of fused-ring (bicyclic) bond motifs is 1. The number of hydrazine groups is 1. The maximum atomic E-state index is 12.1. The molecule has 0 bridgehead atoms. The van der Waals surface area contributed by atoms with Crippen LogP contribution >= 0.6 is 0 Å². The lowest BCUT2D eigenvalue weighted by atomic mass is 9.98. The molecule has 0 aliphatic carbocycles. The molecule has 2 aliphatic rings. The number of ether oxygens (including phenoxy) is 3. The number of benzene rings is 1. The van der Waals surface area contributed by atoms with Crippen molar-refractivity contribution in [3.8, 4) is 11.5 Å². The number of carbonyl (C=O) groups is 3. The van der Waals surface area contributed by atoms with Crippen LogP contribution in [-0.4, -0.2) is 49.3 Å². The Morgan fingerprint density at radius 1 is 1.15 bits per heavy atom. The van der Waals surface area contributed by atoms with Crippen LogP contribution in [0.3, 0.4) is 0 Å². The molecule has 26 heavy (non-hydrogen) atoms. The number of hydrogen-bond acceptors (Lipinski definition) is 7. The first-order chi connectivity index (χ1) is 12.6. The van der Waals surface area contributed by atoms with Gasteiger partial charge in [-0.1, -0.05) is 0 Å². The number of amides is 2. The van der Waals surface area contributed by atoms with E-state index in [-0.39, 0.29) is 18.7 Å². The van der Waals surface area contributed by atoms with Gasteiger partial charge in [0.25, 0.3) is 0 Å². The lowest BCUT2D eigenvalue weighted by Gasteiger charge is -2.30. The summed E-state index contributed by atoms with van der Waals surface area (Å²) in [6.07, 6.45) is 1.14. The Balaban J connectivity index is 1.46. The van der Waals surface area contributed by atoms with Crippen LogP contribution in [0.25, 0.3) is 0 Å². The number of hydrogen-bond donors (Lipinski definition) is 2. The second kappa shape index (κ2) is 8.05. The Bertz CT molecular complexity index is 700. The van der Waals surface area contributed by atoms with E-state index in [4.69, 9.17) is 14.2 Å². The fourth-order valence-corrected chi connectivity index (χ4v) is 2.84. The van der Waals surface area contributed by atoms with Crippen molar-refractivity contribution in [2.24, 2.45) is 5.92 Å². The van der Waals surface area contributed by atoms with Gasteiger partial charge in [0.05, 0.1) is 12.5 Å². The normalized spacial score (nSPS) is 16.8. The summed E-state index contributed by atoms with van der Waals surface area (Å²) in [4.78, 5) is 35.8. The predicted octanol–water partition coefficient (Wildman–Crippen LogP) is 0.660. The van der Waals surface area contributed by atoms with E-state index in [1.807, 2.05) is 0 Å². The number of anilines is 1. The number of esters is 1. The van der Waals surface area contributed by atoms with Gasteiger partial charge in [-0.05, 0) is 31.9 Å². The van der Waals surface area contributed by atoms with E-state index in [0.717, 1.165) is 0 Å². The summed E-state index contributed by atoms with van der Waals surface area (Å²) in [6, 6.07) is 4.89. The van der Waals surface area contributed by atoms with Gasteiger partial charge in [0.2, 0.25) is 6.79 Å². The monoisotopic (exact) mass is 363 g/mol. The van der Waals surface area contributed by atoms with E-state index >= 15 is 0 Å². The molecule has 0 atom stereocenters. The fraction of sp³-hybridized carbons (Fsp3) is 0.471. The Morgan fingerprint density at radius 3 is 2.62 bits per heavy atom. The number of nitrogens with zero attached hydrogens (tertiary/aromatic N) is 1. The first-order valence-electron chi connectivity index (χ1n) is 8.50. The number of nitrogens with one attached hydrogen (secondary N) is 2. The van der Waals surface area contributed by atoms with Crippen LogP contribution in [-0.2, 0) is 19.1 Å². The summed E-state index contributed by atoms with van der Waals surface area (Å²) >= 11 is 0. The predicted molar refractivity (Wildman–Crippen MR) is 90.3 cm³/mol. The molecule has 1 aromatic rings. The first-order valence-corrected chi connectivity index (χ1v) is 8.50. The topological polar surface area (TPSA) is 106 Å². The molecule has 2 aliphatic heterocycles. The first kappa shape index (κ1) is 18.0. The largest absolute Gasteiger partial charge is 0.466 e. The molecule has 0 unspecified atom stereocenters. The van der Waals surface area contributed by atoms with E-state index < -0.39 is 11.8 Å². The average Bonchev–Trinajstić information content (AvgIpc) is 3.10. The Labute approximate surface area is 150 Å². The van der Waals surface area contributed by atoms with Gasteiger partial charge in [0.15, 0.2) is 11.5 Å². The lowest BCUT2D eigenvalue weighted by Crippen LogP contribution is -2.50. The second-order valence-corrected chi connectivity index (χ2v) is 5.98. The van der Waals surface area contributed by atoms with Crippen molar-refractivity contribution < 1.29 is 28.6 Å². The van der Waals surface area contributed by atoms with Crippen LogP contribution < -0.4 is 20.2 Å². The van der Waals surface area contributed by atoms with Crippen LogP contribution in [0, 0.1) is 5.92 Å². The molecule has 3 rings (SSSR count). The van der Waals surface area contributed by atoms with E-state index in [9.17, 15) is 14.4 Å². The van der Waals surface area contributed by atoms with Crippen molar-refractivity contribution in [1.29, 1.82) is 0 Å². The van der Waals surface area contributed by atoms with Crippen molar-refractivity contribution >= 4 is 23.5 Å². The van der Waals surface area contributed by atoms with Crippen LogP contribution in [0.15, 0.2) is 18.2 Å². The number of carbonyl (C=O) groups excluding carboxylic acids is 3. The Morgan fingerprint density at radius 2 is 1.88 bits per heavy atom. The molecule has 0 aromatic heterocycles. The van der Waals surface area contributed by atoms with Gasteiger partial charge < -0.3 is 19.5 Å². The summed E-state index contributed by atoms with van der Waals surface area (Å²) < 4.78 is 15.4. The smallest absolute Gasteiger partial charge is 0.323 e. The fourth-order valence-electron chi connectivity index (χ4n) is 2.84. The molecule has 2 amide bonds. The average molecular weight is 363 g/mol. The molecule has 1 aromatic carbocycles. The molecule has 140 valence electrons. The van der Waals surface area contributed by atoms with Gasteiger partial charge in [0.1, 0.15) is 0 Å². The van der Waals surface area contributed by atoms with Gasteiger partial charge >= 0.3 is 17.8 Å². The van der Waals surface area contributed by atoms with Gasteiger partial charge in [-0.2, -0.15) is 0 Å². The Hall–Kier alpha value is -2.81. The molecule has 2 heterocycles. The van der Waals surface area contributed by atoms with Crippen molar-refractivity contribution in [3.63, 3.8) is 0 Å². The third kappa shape index (κ3) is 4.23.